The molecule has 0 aliphatic rings. The van der Waals surface area contributed by atoms with Crippen LogP contribution in [0.1, 0.15) is 13.3 Å². The third-order valence-electron chi connectivity index (χ3n) is 1.34. The summed E-state index contributed by atoms with van der Waals surface area (Å²) in [6.07, 6.45) is 3.21. The van der Waals surface area contributed by atoms with Crippen molar-refractivity contribution < 1.29 is 4.39 Å². The maximum Gasteiger partial charge on any atom is 0.102 e. The second kappa shape index (κ2) is 7.35. The molecule has 3 heteroatoms. The molecule has 0 aliphatic heterocycles. The fraction of sp³-hybridized carbons (Fsp3) is 1.00. The number of halogens is 1. The first-order valence-corrected chi connectivity index (χ1v) is 4.99. The molecule has 0 aromatic carbocycles. The number of hydrogen-bond donors (Lipinski definition) is 1. The van der Waals surface area contributed by atoms with Crippen LogP contribution in [0.5, 0.6) is 0 Å². The third-order valence-corrected chi connectivity index (χ3v) is 1.99. The Morgan fingerprint density at radius 1 is 1.60 bits per heavy atom. The summed E-state index contributed by atoms with van der Waals surface area (Å²) < 4.78 is 11.6. The van der Waals surface area contributed by atoms with Gasteiger partial charge in [0.1, 0.15) is 6.67 Å². The zero-order valence-corrected chi connectivity index (χ0v) is 7.51. The molecule has 0 fully saturated rings. The van der Waals surface area contributed by atoms with Gasteiger partial charge in [-0.2, -0.15) is 11.8 Å². The molecule has 0 heterocycles. The molecular formula is C7H16FNS. The Labute approximate surface area is 66.8 Å². The summed E-state index contributed by atoms with van der Waals surface area (Å²) in [5.74, 6) is 1.15. The molecule has 0 radical (unpaired) electrons. The molecule has 0 aliphatic carbocycles. The van der Waals surface area contributed by atoms with Crippen molar-refractivity contribution >= 4 is 11.8 Å². The third kappa shape index (κ3) is 6.36. The summed E-state index contributed by atoms with van der Waals surface area (Å²) in [7, 11) is 0. The second-order valence-electron chi connectivity index (χ2n) is 2.33. The smallest absolute Gasteiger partial charge is 0.102 e. The van der Waals surface area contributed by atoms with Gasteiger partial charge in [0.25, 0.3) is 0 Å². The fourth-order valence-electron chi connectivity index (χ4n) is 0.698. The topological polar surface area (TPSA) is 12.0 Å². The molecule has 0 amide bonds. The van der Waals surface area contributed by atoms with E-state index in [4.69, 9.17) is 0 Å². The summed E-state index contributed by atoms with van der Waals surface area (Å²) >= 11 is 1.83. The molecule has 0 rings (SSSR count). The van der Waals surface area contributed by atoms with Gasteiger partial charge in [-0.05, 0) is 25.4 Å². The molecule has 10 heavy (non-hydrogen) atoms. The van der Waals surface area contributed by atoms with E-state index >= 15 is 0 Å². The van der Waals surface area contributed by atoms with Crippen LogP contribution in [0.3, 0.4) is 0 Å². The molecular weight excluding hydrogens is 149 g/mol. The van der Waals surface area contributed by atoms with Gasteiger partial charge in [-0.25, -0.2) is 4.39 Å². The van der Waals surface area contributed by atoms with Crippen molar-refractivity contribution in [3.05, 3.63) is 0 Å². The summed E-state index contributed by atoms with van der Waals surface area (Å²) in [4.78, 5) is 0. The molecule has 0 aromatic rings. The standard InChI is InChI=1S/C7H16FNS/c1-7(3-6-10-2)9-5-4-8/h7,9H,3-6H2,1-2H3. The Morgan fingerprint density at radius 3 is 2.80 bits per heavy atom. The fourth-order valence-corrected chi connectivity index (χ4v) is 1.29. The van der Waals surface area contributed by atoms with Crippen molar-refractivity contribution in [1.29, 1.82) is 0 Å². The van der Waals surface area contributed by atoms with E-state index in [0.717, 1.165) is 12.2 Å². The lowest BCUT2D eigenvalue weighted by Crippen LogP contribution is -2.28. The number of thioether (sulfide) groups is 1. The van der Waals surface area contributed by atoms with Crippen molar-refractivity contribution in [3.63, 3.8) is 0 Å². The first-order valence-electron chi connectivity index (χ1n) is 3.59. The maximum atomic E-state index is 11.6. The van der Waals surface area contributed by atoms with Crippen molar-refractivity contribution in [2.24, 2.45) is 0 Å². The lowest BCUT2D eigenvalue weighted by atomic mass is 10.3. The lowest BCUT2D eigenvalue weighted by Gasteiger charge is -2.10. The van der Waals surface area contributed by atoms with E-state index in [1.54, 1.807) is 0 Å². The highest BCUT2D eigenvalue weighted by molar-refractivity contribution is 7.98. The van der Waals surface area contributed by atoms with Gasteiger partial charge in [-0.1, -0.05) is 0 Å². The Kier molecular flexibility index (Phi) is 7.52. The van der Waals surface area contributed by atoms with E-state index in [1.165, 1.54) is 0 Å². The highest BCUT2D eigenvalue weighted by atomic mass is 32.2. The SMILES string of the molecule is CSCCC(C)NCCF. The maximum absolute atomic E-state index is 11.6. The average molecular weight is 165 g/mol. The lowest BCUT2D eigenvalue weighted by molar-refractivity contribution is 0.436. The van der Waals surface area contributed by atoms with Gasteiger partial charge in [-0.3, -0.25) is 0 Å². The van der Waals surface area contributed by atoms with Crippen molar-refractivity contribution in [2.45, 2.75) is 19.4 Å². The molecule has 1 atom stereocenters. The van der Waals surface area contributed by atoms with Gasteiger partial charge in [0.05, 0.1) is 0 Å². The molecule has 1 nitrogen and oxygen atoms in total. The monoisotopic (exact) mass is 165 g/mol. The predicted molar refractivity (Wildman–Crippen MR) is 46.4 cm³/mol. The van der Waals surface area contributed by atoms with Crippen LogP contribution in [0.4, 0.5) is 4.39 Å². The summed E-state index contributed by atoms with van der Waals surface area (Å²) in [5.41, 5.74) is 0. The van der Waals surface area contributed by atoms with Crippen molar-refractivity contribution in [3.8, 4) is 0 Å². The van der Waals surface area contributed by atoms with E-state index in [2.05, 4.69) is 18.5 Å². The minimum absolute atomic E-state index is 0.260. The van der Waals surface area contributed by atoms with Gasteiger partial charge in [0, 0.05) is 12.6 Å². The summed E-state index contributed by atoms with van der Waals surface area (Å²) in [6, 6.07) is 0.461. The van der Waals surface area contributed by atoms with Crippen LogP contribution in [0, 0.1) is 0 Å². The van der Waals surface area contributed by atoms with Crippen molar-refractivity contribution in [1.82, 2.24) is 5.32 Å². The van der Waals surface area contributed by atoms with Gasteiger partial charge in [0.2, 0.25) is 0 Å². The largest absolute Gasteiger partial charge is 0.312 e. The minimum Gasteiger partial charge on any atom is -0.312 e. The Balaban J connectivity index is 3.00. The van der Waals surface area contributed by atoms with Gasteiger partial charge >= 0.3 is 0 Å². The molecule has 0 aromatic heterocycles. The highest BCUT2D eigenvalue weighted by Gasteiger charge is 1.97. The first kappa shape index (κ1) is 10.2. The summed E-state index contributed by atoms with van der Waals surface area (Å²) in [6.45, 7) is 2.32. The van der Waals surface area contributed by atoms with Crippen LogP contribution in [0.15, 0.2) is 0 Å². The second-order valence-corrected chi connectivity index (χ2v) is 3.31. The van der Waals surface area contributed by atoms with Gasteiger partial charge in [0.15, 0.2) is 0 Å². The Hall–Kier alpha value is 0.240. The van der Waals surface area contributed by atoms with Crippen molar-refractivity contribution in [2.75, 3.05) is 25.2 Å². The average Bonchev–Trinajstić information content (AvgIpc) is 1.97. The van der Waals surface area contributed by atoms with Crippen LogP contribution in [0.2, 0.25) is 0 Å². The van der Waals surface area contributed by atoms with Crippen LogP contribution in [-0.4, -0.2) is 31.3 Å². The Morgan fingerprint density at radius 2 is 2.30 bits per heavy atom. The predicted octanol–water partition coefficient (Wildman–Crippen LogP) is 1.69. The summed E-state index contributed by atoms with van der Waals surface area (Å²) in [5, 5.41) is 3.08. The van der Waals surface area contributed by atoms with E-state index < -0.39 is 0 Å². The van der Waals surface area contributed by atoms with E-state index in [9.17, 15) is 4.39 Å². The molecule has 0 saturated heterocycles. The zero-order chi connectivity index (χ0) is 7.82. The van der Waals surface area contributed by atoms with E-state index in [-0.39, 0.29) is 6.67 Å². The molecule has 0 spiro atoms. The van der Waals surface area contributed by atoms with E-state index in [1.807, 2.05) is 11.8 Å². The molecule has 62 valence electrons. The molecule has 1 N–H and O–H groups in total. The number of alkyl halides is 1. The number of rotatable bonds is 6. The molecule has 1 unspecified atom stereocenters. The van der Waals surface area contributed by atoms with Gasteiger partial charge in [-0.15, -0.1) is 0 Å². The normalized spacial score (nSPS) is 13.5. The zero-order valence-electron chi connectivity index (χ0n) is 6.69. The number of hydrogen-bond acceptors (Lipinski definition) is 2. The quantitative estimate of drug-likeness (QED) is 0.643. The Bertz CT molecular complexity index is 62.6. The van der Waals surface area contributed by atoms with Crippen LogP contribution in [-0.2, 0) is 0 Å². The first-order chi connectivity index (χ1) is 4.81. The molecule has 0 bridgehead atoms. The highest BCUT2D eigenvalue weighted by Crippen LogP contribution is 1.98. The molecule has 0 saturated carbocycles. The number of nitrogens with one attached hydrogen (secondary N) is 1. The van der Waals surface area contributed by atoms with Crippen LogP contribution in [0.25, 0.3) is 0 Å². The van der Waals surface area contributed by atoms with Crippen LogP contribution >= 0.6 is 11.8 Å². The van der Waals surface area contributed by atoms with Crippen LogP contribution < -0.4 is 5.32 Å². The van der Waals surface area contributed by atoms with Gasteiger partial charge < -0.3 is 5.32 Å². The minimum atomic E-state index is -0.260. The van der Waals surface area contributed by atoms with E-state index in [0.29, 0.717) is 12.6 Å².